The fourth-order valence-electron chi connectivity index (χ4n) is 2.16. The monoisotopic (exact) mass is 345 g/mol. The summed E-state index contributed by atoms with van der Waals surface area (Å²) in [5.74, 6) is 0.563. The van der Waals surface area contributed by atoms with E-state index in [1.807, 2.05) is 30.3 Å². The fraction of sp³-hybridized carbons (Fsp3) is 0.316. The Hall–Kier alpha value is -2.57. The van der Waals surface area contributed by atoms with E-state index in [-0.39, 0.29) is 13.0 Å². The summed E-state index contributed by atoms with van der Waals surface area (Å²) in [5, 5.41) is 21.7. The Morgan fingerprint density at radius 2 is 1.68 bits per heavy atom. The number of aliphatic carboxylic acids is 1. The van der Waals surface area contributed by atoms with Crippen LogP contribution in [0, 0.1) is 0 Å². The molecule has 0 saturated heterocycles. The van der Waals surface area contributed by atoms with Crippen LogP contribution in [-0.2, 0) is 11.2 Å². The second-order valence-corrected chi connectivity index (χ2v) is 5.54. The Bertz CT molecular complexity index is 630. The van der Waals surface area contributed by atoms with Crippen molar-refractivity contribution in [1.82, 2.24) is 5.32 Å². The molecular formula is C19H23NO5. The molecule has 0 fully saturated rings. The molecule has 0 aromatic heterocycles. The Labute approximate surface area is 147 Å². The third-order valence-corrected chi connectivity index (χ3v) is 3.39. The van der Waals surface area contributed by atoms with Gasteiger partial charge in [-0.3, -0.25) is 4.79 Å². The first-order chi connectivity index (χ1) is 12.1. The van der Waals surface area contributed by atoms with Gasteiger partial charge < -0.3 is 25.0 Å². The standard InChI is InChI=1S/C19H23NO5/c21-16(14-25-17-4-2-1-3-5-17)13-20-10-11-24-18-8-6-15(7-9-18)12-19(22)23/h1-9,16,20-21H,10-14H2,(H,22,23)/t16-/m0/s1. The maximum absolute atomic E-state index is 10.6. The van der Waals surface area contributed by atoms with Gasteiger partial charge in [-0.1, -0.05) is 30.3 Å². The van der Waals surface area contributed by atoms with Gasteiger partial charge in [-0.05, 0) is 29.8 Å². The van der Waals surface area contributed by atoms with Crippen molar-refractivity contribution >= 4 is 5.97 Å². The zero-order chi connectivity index (χ0) is 17.9. The Balaban J connectivity index is 1.56. The van der Waals surface area contributed by atoms with Crippen LogP contribution in [0.25, 0.3) is 0 Å². The smallest absolute Gasteiger partial charge is 0.307 e. The first kappa shape index (κ1) is 18.8. The van der Waals surface area contributed by atoms with Gasteiger partial charge in [-0.2, -0.15) is 0 Å². The Morgan fingerprint density at radius 1 is 1.00 bits per heavy atom. The van der Waals surface area contributed by atoms with Crippen LogP contribution in [0.15, 0.2) is 54.6 Å². The molecular weight excluding hydrogens is 322 g/mol. The van der Waals surface area contributed by atoms with Crippen LogP contribution in [0.5, 0.6) is 11.5 Å². The Morgan fingerprint density at radius 3 is 2.36 bits per heavy atom. The number of ether oxygens (including phenoxy) is 2. The van der Waals surface area contributed by atoms with Crippen molar-refractivity contribution in [3.8, 4) is 11.5 Å². The van der Waals surface area contributed by atoms with Crippen LogP contribution < -0.4 is 14.8 Å². The number of benzene rings is 2. The van der Waals surface area contributed by atoms with Crippen molar-refractivity contribution in [3.05, 3.63) is 60.2 Å². The third-order valence-electron chi connectivity index (χ3n) is 3.39. The van der Waals surface area contributed by atoms with Crippen LogP contribution in [-0.4, -0.2) is 48.6 Å². The van der Waals surface area contributed by atoms with E-state index < -0.39 is 12.1 Å². The molecule has 2 aromatic carbocycles. The van der Waals surface area contributed by atoms with E-state index in [9.17, 15) is 9.90 Å². The topological polar surface area (TPSA) is 88.0 Å². The number of aliphatic hydroxyl groups is 1. The summed E-state index contributed by atoms with van der Waals surface area (Å²) in [6, 6.07) is 16.3. The lowest BCUT2D eigenvalue weighted by atomic mass is 10.1. The molecule has 6 nitrogen and oxygen atoms in total. The fourth-order valence-corrected chi connectivity index (χ4v) is 2.16. The second kappa shape index (κ2) is 10.3. The average Bonchev–Trinajstić information content (AvgIpc) is 2.61. The van der Waals surface area contributed by atoms with Gasteiger partial charge in [0.15, 0.2) is 0 Å². The molecule has 2 rings (SSSR count). The molecule has 6 heteroatoms. The van der Waals surface area contributed by atoms with Crippen molar-refractivity contribution in [2.75, 3.05) is 26.3 Å². The molecule has 1 atom stereocenters. The number of carbonyl (C=O) groups is 1. The molecule has 0 aliphatic heterocycles. The molecule has 2 aromatic rings. The average molecular weight is 345 g/mol. The van der Waals surface area contributed by atoms with Gasteiger partial charge in [-0.25, -0.2) is 0 Å². The molecule has 25 heavy (non-hydrogen) atoms. The predicted octanol–water partition coefficient (Wildman–Crippen LogP) is 1.72. The summed E-state index contributed by atoms with van der Waals surface area (Å²) in [7, 11) is 0. The highest BCUT2D eigenvalue weighted by molar-refractivity contribution is 5.70. The van der Waals surface area contributed by atoms with E-state index in [1.54, 1.807) is 24.3 Å². The van der Waals surface area contributed by atoms with Crippen LogP contribution in [0.4, 0.5) is 0 Å². The Kier molecular flexibility index (Phi) is 7.75. The highest BCUT2D eigenvalue weighted by atomic mass is 16.5. The molecule has 0 unspecified atom stereocenters. The van der Waals surface area contributed by atoms with Gasteiger partial charge in [0.1, 0.15) is 30.8 Å². The molecule has 0 spiro atoms. The SMILES string of the molecule is O=C(O)Cc1ccc(OCCNC[C@H](O)COc2ccccc2)cc1. The highest BCUT2D eigenvalue weighted by Gasteiger charge is 2.05. The minimum absolute atomic E-state index is 0.00474. The van der Waals surface area contributed by atoms with Gasteiger partial charge in [0.25, 0.3) is 0 Å². The normalized spacial score (nSPS) is 11.7. The number of nitrogens with one attached hydrogen (secondary N) is 1. The molecule has 0 aliphatic carbocycles. The number of hydrogen-bond donors (Lipinski definition) is 3. The van der Waals surface area contributed by atoms with Crippen molar-refractivity contribution in [2.24, 2.45) is 0 Å². The first-order valence-corrected chi connectivity index (χ1v) is 8.13. The maximum atomic E-state index is 10.6. The zero-order valence-electron chi connectivity index (χ0n) is 13.9. The molecule has 0 radical (unpaired) electrons. The maximum Gasteiger partial charge on any atom is 0.307 e. The molecule has 0 amide bonds. The minimum Gasteiger partial charge on any atom is -0.492 e. The van der Waals surface area contributed by atoms with E-state index in [0.717, 1.165) is 11.3 Å². The van der Waals surface area contributed by atoms with Gasteiger partial charge >= 0.3 is 5.97 Å². The minimum atomic E-state index is -0.854. The quantitative estimate of drug-likeness (QED) is 0.538. The van der Waals surface area contributed by atoms with Crippen molar-refractivity contribution < 1.29 is 24.5 Å². The summed E-state index contributed by atoms with van der Waals surface area (Å²) in [4.78, 5) is 10.6. The lowest BCUT2D eigenvalue weighted by Gasteiger charge is -2.13. The summed E-state index contributed by atoms with van der Waals surface area (Å²) >= 11 is 0. The molecule has 0 saturated carbocycles. The number of carboxylic acids is 1. The summed E-state index contributed by atoms with van der Waals surface area (Å²) in [5.41, 5.74) is 0.736. The molecule has 0 heterocycles. The van der Waals surface area contributed by atoms with Gasteiger partial charge in [-0.15, -0.1) is 0 Å². The second-order valence-electron chi connectivity index (χ2n) is 5.54. The van der Waals surface area contributed by atoms with Crippen LogP contribution in [0.2, 0.25) is 0 Å². The van der Waals surface area contributed by atoms with Gasteiger partial charge in [0.2, 0.25) is 0 Å². The molecule has 3 N–H and O–H groups in total. The van der Waals surface area contributed by atoms with E-state index in [1.165, 1.54) is 0 Å². The van der Waals surface area contributed by atoms with Crippen molar-refractivity contribution in [3.63, 3.8) is 0 Å². The van der Waals surface area contributed by atoms with Crippen molar-refractivity contribution in [2.45, 2.75) is 12.5 Å². The molecule has 134 valence electrons. The molecule has 0 aliphatic rings. The van der Waals surface area contributed by atoms with Gasteiger partial charge in [0.05, 0.1) is 6.42 Å². The number of carboxylic acid groups (broad SMARTS) is 1. The first-order valence-electron chi connectivity index (χ1n) is 8.13. The zero-order valence-corrected chi connectivity index (χ0v) is 13.9. The summed E-state index contributed by atoms with van der Waals surface area (Å²) < 4.78 is 11.0. The predicted molar refractivity (Wildman–Crippen MR) is 94.1 cm³/mol. The highest BCUT2D eigenvalue weighted by Crippen LogP contribution is 2.12. The van der Waals surface area contributed by atoms with Crippen molar-refractivity contribution in [1.29, 1.82) is 0 Å². The third kappa shape index (κ3) is 7.69. The van der Waals surface area contributed by atoms with E-state index in [2.05, 4.69) is 5.32 Å². The van der Waals surface area contributed by atoms with Gasteiger partial charge in [0, 0.05) is 13.1 Å². The largest absolute Gasteiger partial charge is 0.492 e. The lowest BCUT2D eigenvalue weighted by molar-refractivity contribution is -0.136. The van der Waals surface area contributed by atoms with E-state index in [4.69, 9.17) is 14.6 Å². The van der Waals surface area contributed by atoms with Crippen LogP contribution in [0.1, 0.15) is 5.56 Å². The number of hydrogen-bond acceptors (Lipinski definition) is 5. The van der Waals surface area contributed by atoms with E-state index in [0.29, 0.717) is 25.4 Å². The van der Waals surface area contributed by atoms with Crippen LogP contribution >= 0.6 is 0 Å². The van der Waals surface area contributed by atoms with Crippen LogP contribution in [0.3, 0.4) is 0 Å². The molecule has 0 bridgehead atoms. The lowest BCUT2D eigenvalue weighted by Crippen LogP contribution is -2.33. The summed E-state index contributed by atoms with van der Waals surface area (Å²) in [6.07, 6.45) is -0.597. The van der Waals surface area contributed by atoms with E-state index >= 15 is 0 Å². The number of rotatable bonds is 11. The number of para-hydroxylation sites is 1. The number of aliphatic hydroxyl groups excluding tert-OH is 1. The summed E-state index contributed by atoms with van der Waals surface area (Å²) in [6.45, 7) is 1.67.